The van der Waals surface area contributed by atoms with Gasteiger partial charge in [-0.3, -0.25) is 0 Å². The lowest BCUT2D eigenvalue weighted by Crippen LogP contribution is -2.50. The molecule has 2 aliphatic rings. The first kappa shape index (κ1) is 15.5. The van der Waals surface area contributed by atoms with Crippen LogP contribution in [-0.2, 0) is 14.8 Å². The summed E-state index contributed by atoms with van der Waals surface area (Å²) in [7, 11) is -3.16. The van der Waals surface area contributed by atoms with Gasteiger partial charge in [-0.05, 0) is 25.7 Å². The van der Waals surface area contributed by atoms with Gasteiger partial charge < -0.3 is 4.74 Å². The molecule has 2 fully saturated rings. The number of morpholine rings is 1. The summed E-state index contributed by atoms with van der Waals surface area (Å²) >= 11 is 5.81. The largest absolute Gasteiger partial charge is 0.371 e. The zero-order valence-electron chi connectivity index (χ0n) is 11.6. The highest BCUT2D eigenvalue weighted by atomic mass is 35.5. The number of hydrogen-bond acceptors (Lipinski definition) is 3. The number of hydrogen-bond donors (Lipinski definition) is 0. The van der Waals surface area contributed by atoms with E-state index in [2.05, 4.69) is 0 Å². The predicted molar refractivity (Wildman–Crippen MR) is 77.0 cm³/mol. The van der Waals surface area contributed by atoms with E-state index < -0.39 is 10.0 Å². The molecule has 6 heteroatoms. The molecule has 1 aliphatic carbocycles. The monoisotopic (exact) mass is 309 g/mol. The zero-order chi connectivity index (χ0) is 13.9. The van der Waals surface area contributed by atoms with Crippen LogP contribution in [0.1, 0.15) is 39.0 Å². The Morgan fingerprint density at radius 1 is 1.21 bits per heavy atom. The molecule has 0 bridgehead atoms. The van der Waals surface area contributed by atoms with E-state index in [0.717, 1.165) is 12.8 Å². The van der Waals surface area contributed by atoms with E-state index in [1.54, 1.807) is 4.31 Å². The number of nitrogens with zero attached hydrogens (tertiary/aromatic N) is 1. The lowest BCUT2D eigenvalue weighted by molar-refractivity contribution is -0.0424. The minimum absolute atomic E-state index is 0.0707. The second-order valence-electron chi connectivity index (χ2n) is 5.82. The highest BCUT2D eigenvalue weighted by Crippen LogP contribution is 2.26. The van der Waals surface area contributed by atoms with Crippen LogP contribution in [0.5, 0.6) is 0 Å². The Labute approximate surface area is 121 Å². The molecule has 4 nitrogen and oxygen atoms in total. The van der Waals surface area contributed by atoms with Gasteiger partial charge >= 0.3 is 0 Å². The molecule has 0 spiro atoms. The first-order valence-corrected chi connectivity index (χ1v) is 9.35. The van der Waals surface area contributed by atoms with Crippen molar-refractivity contribution in [2.24, 2.45) is 5.92 Å². The molecule has 2 rings (SSSR count). The van der Waals surface area contributed by atoms with E-state index in [1.807, 2.05) is 6.92 Å². The Morgan fingerprint density at radius 3 is 2.53 bits per heavy atom. The van der Waals surface area contributed by atoms with Gasteiger partial charge in [0.05, 0.1) is 18.0 Å². The first-order chi connectivity index (χ1) is 9.01. The second-order valence-corrected chi connectivity index (χ2v) is 8.14. The molecule has 0 aromatic rings. The van der Waals surface area contributed by atoms with Crippen molar-refractivity contribution in [3.8, 4) is 0 Å². The molecule has 1 saturated heterocycles. The molecule has 1 saturated carbocycles. The summed E-state index contributed by atoms with van der Waals surface area (Å²) in [6, 6.07) is 0. The fraction of sp³-hybridized carbons (Fsp3) is 1.00. The molecule has 0 aromatic carbocycles. The topological polar surface area (TPSA) is 46.6 Å². The van der Waals surface area contributed by atoms with Gasteiger partial charge in [0, 0.05) is 19.0 Å². The molecule has 0 amide bonds. The quantitative estimate of drug-likeness (QED) is 0.748. The molecule has 19 heavy (non-hydrogen) atoms. The van der Waals surface area contributed by atoms with E-state index in [9.17, 15) is 8.42 Å². The summed E-state index contributed by atoms with van der Waals surface area (Å²) in [4.78, 5) is 0. The minimum Gasteiger partial charge on any atom is -0.371 e. The smallest absolute Gasteiger partial charge is 0.214 e. The summed E-state index contributed by atoms with van der Waals surface area (Å²) in [6.45, 7) is 2.77. The van der Waals surface area contributed by atoms with Crippen LogP contribution in [0.4, 0.5) is 0 Å². The van der Waals surface area contributed by atoms with E-state index in [1.165, 1.54) is 19.3 Å². The van der Waals surface area contributed by atoms with E-state index in [4.69, 9.17) is 16.3 Å². The van der Waals surface area contributed by atoms with Crippen LogP contribution in [0.15, 0.2) is 0 Å². The fourth-order valence-electron chi connectivity index (χ4n) is 3.07. The number of halogens is 1. The third-order valence-electron chi connectivity index (χ3n) is 4.03. The Balaban J connectivity index is 1.97. The maximum Gasteiger partial charge on any atom is 0.214 e. The van der Waals surface area contributed by atoms with Gasteiger partial charge in [-0.2, -0.15) is 4.31 Å². The average molecular weight is 310 g/mol. The SMILES string of the molecule is CC1CN(S(=O)(=O)CC2CCCCC2)CC(CCl)O1. The van der Waals surface area contributed by atoms with Crippen LogP contribution < -0.4 is 0 Å². The van der Waals surface area contributed by atoms with Gasteiger partial charge in [-0.1, -0.05) is 19.3 Å². The van der Waals surface area contributed by atoms with Crippen LogP contribution in [0.3, 0.4) is 0 Å². The van der Waals surface area contributed by atoms with E-state index >= 15 is 0 Å². The molecule has 1 heterocycles. The van der Waals surface area contributed by atoms with Crippen molar-refractivity contribution in [1.29, 1.82) is 0 Å². The molecule has 112 valence electrons. The van der Waals surface area contributed by atoms with Crippen LogP contribution in [0.2, 0.25) is 0 Å². The normalized spacial score (nSPS) is 31.5. The third kappa shape index (κ3) is 4.31. The maximum atomic E-state index is 12.5. The van der Waals surface area contributed by atoms with Gasteiger partial charge in [0.2, 0.25) is 10.0 Å². The fourth-order valence-corrected chi connectivity index (χ4v) is 5.21. The summed E-state index contributed by atoms with van der Waals surface area (Å²) in [5.74, 6) is 0.987. The van der Waals surface area contributed by atoms with E-state index in [-0.39, 0.29) is 12.2 Å². The molecule has 2 unspecified atom stereocenters. The van der Waals surface area contributed by atoms with Crippen molar-refractivity contribution >= 4 is 21.6 Å². The molecule has 1 aliphatic heterocycles. The minimum atomic E-state index is -3.16. The molecule has 0 N–H and O–H groups in total. The van der Waals surface area contributed by atoms with Crippen molar-refractivity contribution in [3.05, 3.63) is 0 Å². The van der Waals surface area contributed by atoms with Crippen LogP contribution in [0, 0.1) is 5.92 Å². The van der Waals surface area contributed by atoms with Gasteiger partial charge in [-0.25, -0.2) is 8.42 Å². The van der Waals surface area contributed by atoms with Gasteiger partial charge in [-0.15, -0.1) is 11.6 Å². The Hall–Kier alpha value is 0.160. The van der Waals surface area contributed by atoms with Crippen LogP contribution in [-0.4, -0.2) is 49.7 Å². The molecule has 0 aromatic heterocycles. The molecular weight excluding hydrogens is 286 g/mol. The van der Waals surface area contributed by atoms with Crippen molar-refractivity contribution in [3.63, 3.8) is 0 Å². The van der Waals surface area contributed by atoms with Crippen molar-refractivity contribution in [1.82, 2.24) is 4.31 Å². The number of ether oxygens (including phenoxy) is 1. The predicted octanol–water partition coefficient (Wildman–Crippen LogP) is 2.22. The number of rotatable bonds is 4. The van der Waals surface area contributed by atoms with Gasteiger partial charge in [0.25, 0.3) is 0 Å². The molecule has 0 radical (unpaired) electrons. The lowest BCUT2D eigenvalue weighted by Gasteiger charge is -2.36. The zero-order valence-corrected chi connectivity index (χ0v) is 13.1. The summed E-state index contributed by atoms with van der Waals surface area (Å²) in [5.41, 5.74) is 0. The number of alkyl halides is 1. The van der Waals surface area contributed by atoms with Crippen LogP contribution in [0.25, 0.3) is 0 Å². The summed E-state index contributed by atoms with van der Waals surface area (Å²) in [5, 5.41) is 0. The average Bonchev–Trinajstić information content (AvgIpc) is 2.38. The standard InChI is InChI=1S/C13H24ClNO3S/c1-11-8-15(9-13(7-14)18-11)19(16,17)10-12-5-3-2-4-6-12/h11-13H,2-10H2,1H3. The first-order valence-electron chi connectivity index (χ1n) is 7.20. The lowest BCUT2D eigenvalue weighted by atomic mass is 9.91. The summed E-state index contributed by atoms with van der Waals surface area (Å²) in [6.07, 6.45) is 5.45. The van der Waals surface area contributed by atoms with Gasteiger partial charge in [0.1, 0.15) is 0 Å². The summed E-state index contributed by atoms with van der Waals surface area (Å²) < 4.78 is 32.2. The van der Waals surface area contributed by atoms with Crippen LogP contribution >= 0.6 is 11.6 Å². The Kier molecular flexibility index (Phi) is 5.52. The number of sulfonamides is 1. The van der Waals surface area contributed by atoms with E-state index in [0.29, 0.717) is 30.6 Å². The van der Waals surface area contributed by atoms with Gasteiger partial charge in [0.15, 0.2) is 0 Å². The van der Waals surface area contributed by atoms with Crippen molar-refractivity contribution in [2.45, 2.75) is 51.2 Å². The molecular formula is C13H24ClNO3S. The maximum absolute atomic E-state index is 12.5. The highest BCUT2D eigenvalue weighted by molar-refractivity contribution is 7.89. The van der Waals surface area contributed by atoms with Crippen molar-refractivity contribution in [2.75, 3.05) is 24.7 Å². The Bertz CT molecular complexity index is 381. The second kappa shape index (κ2) is 6.74. The third-order valence-corrected chi connectivity index (χ3v) is 6.35. The molecule has 2 atom stereocenters. The Morgan fingerprint density at radius 2 is 1.89 bits per heavy atom. The highest BCUT2D eigenvalue weighted by Gasteiger charge is 2.34. The van der Waals surface area contributed by atoms with Crippen molar-refractivity contribution < 1.29 is 13.2 Å².